The summed E-state index contributed by atoms with van der Waals surface area (Å²) in [5.41, 5.74) is 2.70. The highest BCUT2D eigenvalue weighted by Gasteiger charge is 2.53. The van der Waals surface area contributed by atoms with Gasteiger partial charge in [-0.05, 0) is 19.4 Å². The summed E-state index contributed by atoms with van der Waals surface area (Å²) in [6.45, 7) is 2.25. The SMILES string of the molecule is Cc1ccccc1C(=O)C(C)(N)C(F)(F)F. The molecule has 0 radical (unpaired) electrons. The normalized spacial score (nSPS) is 15.6. The number of alkyl halides is 3. The summed E-state index contributed by atoms with van der Waals surface area (Å²) >= 11 is 0. The van der Waals surface area contributed by atoms with Crippen LogP contribution in [0, 0.1) is 6.92 Å². The lowest BCUT2D eigenvalue weighted by molar-refractivity contribution is -0.165. The smallest absolute Gasteiger partial charge is 0.311 e. The van der Waals surface area contributed by atoms with E-state index in [4.69, 9.17) is 5.73 Å². The van der Waals surface area contributed by atoms with Crippen molar-refractivity contribution in [1.29, 1.82) is 0 Å². The highest BCUT2D eigenvalue weighted by molar-refractivity contribution is 6.04. The molecule has 0 aliphatic carbocycles. The molecule has 1 atom stereocenters. The van der Waals surface area contributed by atoms with Gasteiger partial charge in [-0.15, -0.1) is 0 Å². The minimum Gasteiger partial charge on any atom is -0.311 e. The third-order valence-corrected chi connectivity index (χ3v) is 2.45. The molecule has 0 spiro atoms. The number of nitrogens with two attached hydrogens (primary N) is 1. The highest BCUT2D eigenvalue weighted by Crippen LogP contribution is 2.31. The van der Waals surface area contributed by atoms with E-state index < -0.39 is 17.5 Å². The third-order valence-electron chi connectivity index (χ3n) is 2.45. The maximum absolute atomic E-state index is 12.6. The molecule has 0 amide bonds. The van der Waals surface area contributed by atoms with Gasteiger partial charge in [-0.25, -0.2) is 0 Å². The molecular weight excluding hydrogens is 219 g/mol. The van der Waals surface area contributed by atoms with Crippen LogP contribution in [0.3, 0.4) is 0 Å². The Morgan fingerprint density at radius 2 is 1.75 bits per heavy atom. The minimum absolute atomic E-state index is 0.00447. The summed E-state index contributed by atoms with van der Waals surface area (Å²) in [7, 11) is 0. The number of carbonyl (C=O) groups excluding carboxylic acids is 1. The van der Waals surface area contributed by atoms with Crippen molar-refractivity contribution in [3.63, 3.8) is 0 Å². The Hall–Kier alpha value is -1.36. The second-order valence-corrected chi connectivity index (χ2v) is 3.84. The van der Waals surface area contributed by atoms with Gasteiger partial charge in [0.15, 0.2) is 11.3 Å². The van der Waals surface area contributed by atoms with Crippen LogP contribution < -0.4 is 5.73 Å². The molecule has 2 nitrogen and oxygen atoms in total. The third kappa shape index (κ3) is 2.09. The van der Waals surface area contributed by atoms with E-state index >= 15 is 0 Å². The zero-order chi connectivity index (χ0) is 12.6. The molecule has 0 aliphatic heterocycles. The van der Waals surface area contributed by atoms with Crippen molar-refractivity contribution in [2.75, 3.05) is 0 Å². The average molecular weight is 231 g/mol. The topological polar surface area (TPSA) is 43.1 Å². The fraction of sp³-hybridized carbons (Fsp3) is 0.364. The first kappa shape index (κ1) is 12.7. The molecule has 0 bridgehead atoms. The number of ketones is 1. The van der Waals surface area contributed by atoms with Crippen molar-refractivity contribution in [3.8, 4) is 0 Å². The van der Waals surface area contributed by atoms with Crippen LogP contribution in [-0.2, 0) is 0 Å². The van der Waals surface area contributed by atoms with Crippen LogP contribution in [0.2, 0.25) is 0 Å². The zero-order valence-corrected chi connectivity index (χ0v) is 8.93. The molecule has 2 N–H and O–H groups in total. The number of halogens is 3. The molecule has 88 valence electrons. The molecule has 5 heteroatoms. The van der Waals surface area contributed by atoms with E-state index in [0.717, 1.165) is 0 Å². The fourth-order valence-electron chi connectivity index (χ4n) is 1.24. The van der Waals surface area contributed by atoms with Gasteiger partial charge in [0, 0.05) is 5.56 Å². The van der Waals surface area contributed by atoms with E-state index in [0.29, 0.717) is 12.5 Å². The van der Waals surface area contributed by atoms with Crippen LogP contribution >= 0.6 is 0 Å². The number of rotatable bonds is 2. The first-order valence-electron chi connectivity index (χ1n) is 4.64. The lowest BCUT2D eigenvalue weighted by Gasteiger charge is -2.26. The second-order valence-electron chi connectivity index (χ2n) is 3.84. The van der Waals surface area contributed by atoms with E-state index in [1.165, 1.54) is 12.1 Å². The Morgan fingerprint density at radius 1 is 1.25 bits per heavy atom. The number of Topliss-reactive ketones (excluding diaryl/α,β-unsaturated/α-hetero) is 1. The molecule has 0 saturated carbocycles. The maximum Gasteiger partial charge on any atom is 0.413 e. The van der Waals surface area contributed by atoms with Crippen molar-refractivity contribution in [3.05, 3.63) is 35.4 Å². The number of aryl methyl sites for hydroxylation is 1. The predicted octanol–water partition coefficient (Wildman–Crippen LogP) is 2.46. The van der Waals surface area contributed by atoms with Gasteiger partial charge in [0.1, 0.15) is 0 Å². The van der Waals surface area contributed by atoms with Gasteiger partial charge < -0.3 is 5.73 Å². The Labute approximate surface area is 91.3 Å². The van der Waals surface area contributed by atoms with Gasteiger partial charge >= 0.3 is 6.18 Å². The largest absolute Gasteiger partial charge is 0.413 e. The molecule has 0 saturated heterocycles. The Kier molecular flexibility index (Phi) is 3.10. The number of hydrogen-bond donors (Lipinski definition) is 1. The standard InChI is InChI=1S/C11H12F3NO/c1-7-5-3-4-6-8(7)9(16)10(2,15)11(12,13)14/h3-6H,15H2,1-2H3. The van der Waals surface area contributed by atoms with Crippen LogP contribution in [0.5, 0.6) is 0 Å². The molecule has 0 fully saturated rings. The van der Waals surface area contributed by atoms with E-state index in [2.05, 4.69) is 0 Å². The van der Waals surface area contributed by atoms with Crippen molar-refractivity contribution in [1.82, 2.24) is 0 Å². The Balaban J connectivity index is 3.18. The predicted molar refractivity (Wildman–Crippen MR) is 54.2 cm³/mol. The van der Waals surface area contributed by atoms with E-state index in [-0.39, 0.29) is 5.56 Å². The van der Waals surface area contributed by atoms with Gasteiger partial charge in [-0.2, -0.15) is 13.2 Å². The molecule has 0 heterocycles. The van der Waals surface area contributed by atoms with Crippen molar-refractivity contribution >= 4 is 5.78 Å². The van der Waals surface area contributed by atoms with Crippen LogP contribution in [0.15, 0.2) is 24.3 Å². The van der Waals surface area contributed by atoms with Crippen LogP contribution in [-0.4, -0.2) is 17.5 Å². The number of benzene rings is 1. The Bertz CT molecular complexity index is 410. The quantitative estimate of drug-likeness (QED) is 0.794. The molecule has 1 unspecified atom stereocenters. The zero-order valence-electron chi connectivity index (χ0n) is 8.93. The van der Waals surface area contributed by atoms with Crippen molar-refractivity contribution in [2.24, 2.45) is 5.73 Å². The summed E-state index contributed by atoms with van der Waals surface area (Å²) in [5.74, 6) is -1.11. The minimum atomic E-state index is -4.76. The van der Waals surface area contributed by atoms with Crippen molar-refractivity contribution < 1.29 is 18.0 Å². The van der Waals surface area contributed by atoms with Crippen LogP contribution in [0.4, 0.5) is 13.2 Å². The first-order chi connectivity index (χ1) is 7.18. The summed E-state index contributed by atoms with van der Waals surface area (Å²) in [6.07, 6.45) is -4.76. The van der Waals surface area contributed by atoms with Gasteiger partial charge in [0.05, 0.1) is 0 Å². The van der Waals surface area contributed by atoms with Gasteiger partial charge in [0.2, 0.25) is 0 Å². The van der Waals surface area contributed by atoms with E-state index in [9.17, 15) is 18.0 Å². The van der Waals surface area contributed by atoms with Crippen LogP contribution in [0.1, 0.15) is 22.8 Å². The van der Waals surface area contributed by atoms with Crippen LogP contribution in [0.25, 0.3) is 0 Å². The lowest BCUT2D eigenvalue weighted by Crippen LogP contribution is -2.57. The summed E-state index contributed by atoms with van der Waals surface area (Å²) in [5, 5.41) is 0. The average Bonchev–Trinajstić information content (AvgIpc) is 2.15. The Morgan fingerprint density at radius 3 is 2.19 bits per heavy atom. The van der Waals surface area contributed by atoms with Gasteiger partial charge in [-0.3, -0.25) is 4.79 Å². The van der Waals surface area contributed by atoms with Crippen molar-refractivity contribution in [2.45, 2.75) is 25.6 Å². The van der Waals surface area contributed by atoms with E-state index in [1.807, 2.05) is 0 Å². The highest BCUT2D eigenvalue weighted by atomic mass is 19.4. The first-order valence-corrected chi connectivity index (χ1v) is 4.64. The molecule has 1 rings (SSSR count). The lowest BCUT2D eigenvalue weighted by atomic mass is 9.89. The molecule has 1 aromatic carbocycles. The maximum atomic E-state index is 12.6. The summed E-state index contributed by atoms with van der Waals surface area (Å²) < 4.78 is 37.7. The van der Waals surface area contributed by atoms with Gasteiger partial charge in [-0.1, -0.05) is 24.3 Å². The number of carbonyl (C=O) groups is 1. The molecular formula is C11H12F3NO. The molecule has 0 aliphatic rings. The van der Waals surface area contributed by atoms with Gasteiger partial charge in [0.25, 0.3) is 0 Å². The molecule has 16 heavy (non-hydrogen) atoms. The number of hydrogen-bond acceptors (Lipinski definition) is 2. The monoisotopic (exact) mass is 231 g/mol. The van der Waals surface area contributed by atoms with E-state index in [1.54, 1.807) is 19.1 Å². The second kappa shape index (κ2) is 3.90. The fourth-order valence-corrected chi connectivity index (χ4v) is 1.24. The summed E-state index contributed by atoms with van der Waals surface area (Å²) in [4.78, 5) is 11.7. The summed E-state index contributed by atoms with van der Waals surface area (Å²) in [6, 6.07) is 6.06. The molecule has 1 aromatic rings. The molecule has 0 aromatic heterocycles.